The first-order valence-corrected chi connectivity index (χ1v) is 8.80. The van der Waals surface area contributed by atoms with Gasteiger partial charge in [0.25, 0.3) is 0 Å². The van der Waals surface area contributed by atoms with Crippen LogP contribution in [-0.2, 0) is 6.42 Å². The summed E-state index contributed by atoms with van der Waals surface area (Å²) in [5, 5.41) is 3.71. The molecule has 0 aromatic heterocycles. The van der Waals surface area contributed by atoms with Crippen molar-refractivity contribution < 1.29 is 0 Å². The third kappa shape index (κ3) is 2.56. The van der Waals surface area contributed by atoms with E-state index in [9.17, 15) is 0 Å². The topological polar surface area (TPSA) is 15.3 Å². The average molecular weight is 337 g/mol. The molecule has 110 valence electrons. The smallest absolute Gasteiger partial charge is 0.0358 e. The van der Waals surface area contributed by atoms with Crippen molar-refractivity contribution in [2.45, 2.75) is 57.7 Å². The number of hydrogen-bond acceptors (Lipinski definition) is 2. The zero-order valence-electron chi connectivity index (χ0n) is 12.5. The van der Waals surface area contributed by atoms with Gasteiger partial charge in [-0.2, -0.15) is 0 Å². The number of benzene rings is 1. The molecule has 0 radical (unpaired) electrons. The van der Waals surface area contributed by atoms with Crippen molar-refractivity contribution in [1.29, 1.82) is 0 Å². The molecule has 1 aromatic rings. The Hall–Kier alpha value is -0.380. The van der Waals surface area contributed by atoms with Crippen LogP contribution in [0, 0.1) is 0 Å². The average Bonchev–Trinajstić information content (AvgIpc) is 2.92. The lowest BCUT2D eigenvalue weighted by molar-refractivity contribution is 0.0774. The van der Waals surface area contributed by atoms with Crippen LogP contribution in [0.5, 0.6) is 0 Å². The minimum absolute atomic E-state index is 0.628. The van der Waals surface area contributed by atoms with E-state index < -0.39 is 0 Å². The zero-order valence-corrected chi connectivity index (χ0v) is 14.1. The first-order valence-electron chi connectivity index (χ1n) is 8.01. The third-order valence-corrected chi connectivity index (χ3v) is 5.83. The molecule has 1 aliphatic heterocycles. The van der Waals surface area contributed by atoms with E-state index in [1.807, 2.05) is 0 Å². The van der Waals surface area contributed by atoms with Gasteiger partial charge in [0.1, 0.15) is 0 Å². The van der Waals surface area contributed by atoms with Gasteiger partial charge in [-0.3, -0.25) is 4.90 Å². The van der Waals surface area contributed by atoms with Crippen LogP contribution < -0.4 is 5.32 Å². The first kappa shape index (κ1) is 14.6. The maximum Gasteiger partial charge on any atom is 0.0358 e. The molecule has 1 heterocycles. The minimum Gasteiger partial charge on any atom is -0.311 e. The molecular weight excluding hydrogens is 312 g/mol. The third-order valence-electron chi connectivity index (χ3n) is 5.09. The van der Waals surface area contributed by atoms with Gasteiger partial charge in [-0.25, -0.2) is 0 Å². The van der Waals surface area contributed by atoms with Crippen molar-refractivity contribution in [3.8, 4) is 0 Å². The lowest BCUT2D eigenvalue weighted by Gasteiger charge is -2.43. The van der Waals surface area contributed by atoms with Gasteiger partial charge in [0.15, 0.2) is 0 Å². The summed E-state index contributed by atoms with van der Waals surface area (Å²) < 4.78 is 1.30. The van der Waals surface area contributed by atoms with E-state index in [4.69, 9.17) is 0 Å². The van der Waals surface area contributed by atoms with Crippen LogP contribution in [-0.4, -0.2) is 30.1 Å². The second-order valence-corrected chi connectivity index (χ2v) is 6.99. The molecule has 3 heteroatoms. The highest BCUT2D eigenvalue weighted by Gasteiger charge is 2.35. The van der Waals surface area contributed by atoms with E-state index in [-0.39, 0.29) is 0 Å². The maximum atomic E-state index is 3.73. The lowest BCUT2D eigenvalue weighted by atomic mass is 9.99. The SMILES string of the molecule is CCC1CN(C2CCc3c(Br)cccc32)C(CC)CN1. The fourth-order valence-electron chi connectivity index (χ4n) is 3.85. The normalized spacial score (nSPS) is 30.4. The summed E-state index contributed by atoms with van der Waals surface area (Å²) >= 11 is 3.73. The van der Waals surface area contributed by atoms with Crippen LogP contribution in [0.1, 0.15) is 50.3 Å². The van der Waals surface area contributed by atoms with E-state index in [0.29, 0.717) is 18.1 Å². The quantitative estimate of drug-likeness (QED) is 0.900. The number of halogens is 1. The Bertz CT molecular complexity index is 474. The highest BCUT2D eigenvalue weighted by molar-refractivity contribution is 9.10. The molecule has 1 fully saturated rings. The molecule has 1 N–H and O–H groups in total. The molecule has 0 amide bonds. The standard InChI is InChI=1S/C17H25BrN2/c1-3-12-11-20(13(4-2)10-19-12)17-9-8-14-15(17)6-5-7-16(14)18/h5-7,12-13,17,19H,3-4,8-11H2,1-2H3. The summed E-state index contributed by atoms with van der Waals surface area (Å²) in [6, 6.07) is 8.70. The van der Waals surface area contributed by atoms with E-state index in [2.05, 4.69) is 58.2 Å². The molecule has 0 bridgehead atoms. The molecule has 3 unspecified atom stereocenters. The number of nitrogens with zero attached hydrogens (tertiary/aromatic N) is 1. The second-order valence-electron chi connectivity index (χ2n) is 6.13. The molecule has 3 rings (SSSR count). The van der Waals surface area contributed by atoms with Crippen LogP contribution in [0.25, 0.3) is 0 Å². The van der Waals surface area contributed by atoms with E-state index in [0.717, 1.165) is 6.54 Å². The van der Waals surface area contributed by atoms with Crippen molar-refractivity contribution in [3.63, 3.8) is 0 Å². The molecule has 2 nitrogen and oxygen atoms in total. The minimum atomic E-state index is 0.628. The van der Waals surface area contributed by atoms with Crippen LogP contribution in [0.3, 0.4) is 0 Å². The Morgan fingerprint density at radius 3 is 2.90 bits per heavy atom. The molecule has 0 spiro atoms. The molecule has 1 aliphatic carbocycles. The van der Waals surface area contributed by atoms with Crippen molar-refractivity contribution in [2.24, 2.45) is 0 Å². The fraction of sp³-hybridized carbons (Fsp3) is 0.647. The van der Waals surface area contributed by atoms with Crippen molar-refractivity contribution in [3.05, 3.63) is 33.8 Å². The predicted molar refractivity (Wildman–Crippen MR) is 88.1 cm³/mol. The van der Waals surface area contributed by atoms with Crippen molar-refractivity contribution in [1.82, 2.24) is 10.2 Å². The van der Waals surface area contributed by atoms with Crippen LogP contribution in [0.15, 0.2) is 22.7 Å². The van der Waals surface area contributed by atoms with Gasteiger partial charge < -0.3 is 5.32 Å². The number of nitrogens with one attached hydrogen (secondary N) is 1. The Labute approximate surface area is 131 Å². The monoisotopic (exact) mass is 336 g/mol. The lowest BCUT2D eigenvalue weighted by Crippen LogP contribution is -2.56. The first-order chi connectivity index (χ1) is 9.74. The molecule has 1 aromatic carbocycles. The predicted octanol–water partition coefficient (Wildman–Crippen LogP) is 3.90. The van der Waals surface area contributed by atoms with Crippen LogP contribution in [0.2, 0.25) is 0 Å². The largest absolute Gasteiger partial charge is 0.311 e. The van der Waals surface area contributed by atoms with Gasteiger partial charge >= 0.3 is 0 Å². The van der Waals surface area contributed by atoms with Crippen molar-refractivity contribution in [2.75, 3.05) is 13.1 Å². The van der Waals surface area contributed by atoms with Crippen molar-refractivity contribution >= 4 is 15.9 Å². The van der Waals surface area contributed by atoms with Gasteiger partial charge in [-0.05, 0) is 42.9 Å². The van der Waals surface area contributed by atoms with Gasteiger partial charge in [-0.1, -0.05) is 41.9 Å². The molecule has 2 aliphatic rings. The summed E-state index contributed by atoms with van der Waals surface area (Å²) in [6.45, 7) is 6.96. The number of piperazine rings is 1. The Morgan fingerprint density at radius 1 is 1.30 bits per heavy atom. The highest BCUT2D eigenvalue weighted by Crippen LogP contribution is 2.40. The van der Waals surface area contributed by atoms with Crippen LogP contribution in [0.4, 0.5) is 0 Å². The zero-order chi connectivity index (χ0) is 14.1. The summed E-state index contributed by atoms with van der Waals surface area (Å²) in [7, 11) is 0. The van der Waals surface area contributed by atoms with Gasteiger partial charge in [-0.15, -0.1) is 0 Å². The summed E-state index contributed by atoms with van der Waals surface area (Å²) in [5.41, 5.74) is 3.11. The van der Waals surface area contributed by atoms with Gasteiger partial charge in [0, 0.05) is 35.7 Å². The maximum absolute atomic E-state index is 3.73. The van der Waals surface area contributed by atoms with E-state index in [1.165, 1.54) is 36.7 Å². The van der Waals surface area contributed by atoms with E-state index >= 15 is 0 Å². The highest BCUT2D eigenvalue weighted by atomic mass is 79.9. The molecule has 0 saturated carbocycles. The van der Waals surface area contributed by atoms with Gasteiger partial charge in [0.2, 0.25) is 0 Å². The molecule has 20 heavy (non-hydrogen) atoms. The fourth-order valence-corrected chi connectivity index (χ4v) is 4.43. The number of rotatable bonds is 3. The second kappa shape index (κ2) is 6.17. The summed E-state index contributed by atoms with van der Waals surface area (Å²) in [6.07, 6.45) is 4.97. The Balaban J connectivity index is 1.87. The summed E-state index contributed by atoms with van der Waals surface area (Å²) in [5.74, 6) is 0. The molecular formula is C17H25BrN2. The van der Waals surface area contributed by atoms with Gasteiger partial charge in [0.05, 0.1) is 0 Å². The Kier molecular flexibility index (Phi) is 4.49. The number of fused-ring (bicyclic) bond motifs is 1. The molecule has 3 atom stereocenters. The Morgan fingerprint density at radius 2 is 2.15 bits per heavy atom. The van der Waals surface area contributed by atoms with Crippen LogP contribution >= 0.6 is 15.9 Å². The summed E-state index contributed by atoms with van der Waals surface area (Å²) in [4.78, 5) is 2.78. The molecule has 1 saturated heterocycles. The van der Waals surface area contributed by atoms with E-state index in [1.54, 1.807) is 11.1 Å². The number of hydrogen-bond donors (Lipinski definition) is 1.